The van der Waals surface area contributed by atoms with Crippen molar-refractivity contribution in [3.63, 3.8) is 0 Å². The van der Waals surface area contributed by atoms with E-state index in [0.717, 1.165) is 4.90 Å². The molecule has 0 unspecified atom stereocenters. The smallest absolute Gasteiger partial charge is 0.256 e. The van der Waals surface area contributed by atoms with Crippen LogP contribution in [-0.2, 0) is 0 Å². The molecule has 0 bridgehead atoms. The monoisotopic (exact) mass is 276 g/mol. The fourth-order valence-corrected chi connectivity index (χ4v) is 2.26. The van der Waals surface area contributed by atoms with Gasteiger partial charge in [-0.3, -0.25) is 4.79 Å². The number of hydrogen-bond donors (Lipinski definition) is 2. The summed E-state index contributed by atoms with van der Waals surface area (Å²) in [6.45, 7) is 0. The number of nitrogens with one attached hydrogen (secondary N) is 1. The van der Waals surface area contributed by atoms with Crippen LogP contribution < -0.4 is 11.1 Å². The Labute approximate surface area is 115 Å². The normalized spacial score (nSPS) is 10.2. The van der Waals surface area contributed by atoms with E-state index >= 15 is 0 Å². The molecule has 1 amide bonds. The van der Waals surface area contributed by atoms with Crippen molar-refractivity contribution in [2.24, 2.45) is 0 Å². The minimum absolute atomic E-state index is 0.0842. The van der Waals surface area contributed by atoms with E-state index in [4.69, 9.17) is 5.73 Å². The molecule has 0 aliphatic carbocycles. The molecular weight excluding hydrogens is 263 g/mol. The average Bonchev–Trinajstić information content (AvgIpc) is 2.42. The van der Waals surface area contributed by atoms with E-state index in [2.05, 4.69) is 5.32 Å². The Morgan fingerprint density at radius 3 is 2.74 bits per heavy atom. The maximum Gasteiger partial charge on any atom is 0.256 e. The van der Waals surface area contributed by atoms with Crippen molar-refractivity contribution in [1.29, 1.82) is 0 Å². The summed E-state index contributed by atoms with van der Waals surface area (Å²) in [6, 6.07) is 11.2. The van der Waals surface area contributed by atoms with Crippen LogP contribution in [0.1, 0.15) is 10.4 Å². The van der Waals surface area contributed by atoms with Crippen LogP contribution in [0.4, 0.5) is 15.8 Å². The zero-order valence-electron chi connectivity index (χ0n) is 10.3. The van der Waals surface area contributed by atoms with Crippen molar-refractivity contribution in [3.05, 3.63) is 53.8 Å². The summed E-state index contributed by atoms with van der Waals surface area (Å²) in [4.78, 5) is 13.0. The van der Waals surface area contributed by atoms with Crippen LogP contribution in [0.5, 0.6) is 0 Å². The molecule has 0 heterocycles. The van der Waals surface area contributed by atoms with Gasteiger partial charge in [-0.05, 0) is 36.6 Å². The van der Waals surface area contributed by atoms with Gasteiger partial charge in [-0.1, -0.05) is 12.1 Å². The highest BCUT2D eigenvalue weighted by Crippen LogP contribution is 2.23. The van der Waals surface area contributed by atoms with Crippen molar-refractivity contribution in [3.8, 4) is 0 Å². The predicted octanol–water partition coefficient (Wildman–Crippen LogP) is 3.38. The first-order chi connectivity index (χ1) is 9.11. The first-order valence-electron chi connectivity index (χ1n) is 5.61. The Morgan fingerprint density at radius 1 is 1.26 bits per heavy atom. The average molecular weight is 276 g/mol. The third kappa shape index (κ3) is 3.06. The molecule has 3 N–H and O–H groups in total. The number of thioether (sulfide) groups is 1. The van der Waals surface area contributed by atoms with Crippen LogP contribution in [0.15, 0.2) is 47.4 Å². The Bertz CT molecular complexity index is 616. The van der Waals surface area contributed by atoms with Gasteiger partial charge in [-0.15, -0.1) is 11.8 Å². The zero-order valence-corrected chi connectivity index (χ0v) is 11.1. The molecule has 0 atom stereocenters. The number of anilines is 2. The lowest BCUT2D eigenvalue weighted by atomic mass is 10.2. The number of amides is 1. The number of carbonyl (C=O) groups is 1. The summed E-state index contributed by atoms with van der Waals surface area (Å²) in [7, 11) is 0. The lowest BCUT2D eigenvalue weighted by Gasteiger charge is -2.09. The van der Waals surface area contributed by atoms with Gasteiger partial charge < -0.3 is 11.1 Å². The summed E-state index contributed by atoms with van der Waals surface area (Å²) in [6.07, 6.45) is 1.88. The first-order valence-corrected chi connectivity index (χ1v) is 6.83. The molecule has 0 aliphatic rings. The van der Waals surface area contributed by atoms with E-state index in [9.17, 15) is 9.18 Å². The molecule has 0 aromatic heterocycles. The van der Waals surface area contributed by atoms with Crippen molar-refractivity contribution < 1.29 is 9.18 Å². The molecule has 0 fully saturated rings. The molecular formula is C14H13FN2OS. The van der Waals surface area contributed by atoms with Crippen LogP contribution in [0.25, 0.3) is 0 Å². The predicted molar refractivity (Wildman–Crippen MR) is 77.0 cm³/mol. The van der Waals surface area contributed by atoms with Gasteiger partial charge in [-0.2, -0.15) is 0 Å². The number of nitrogens with two attached hydrogens (primary N) is 1. The Kier molecular flexibility index (Phi) is 4.06. The molecule has 0 saturated heterocycles. The fraction of sp³-hybridized carbons (Fsp3) is 0.0714. The van der Waals surface area contributed by atoms with Gasteiger partial charge in [0.1, 0.15) is 5.82 Å². The molecule has 0 saturated carbocycles. The van der Waals surface area contributed by atoms with E-state index in [1.165, 1.54) is 30.0 Å². The van der Waals surface area contributed by atoms with Crippen LogP contribution in [0.3, 0.4) is 0 Å². The van der Waals surface area contributed by atoms with Crippen molar-refractivity contribution in [2.45, 2.75) is 4.90 Å². The lowest BCUT2D eigenvalue weighted by molar-refractivity contribution is 0.102. The van der Waals surface area contributed by atoms with Gasteiger partial charge in [0.15, 0.2) is 0 Å². The zero-order chi connectivity index (χ0) is 13.8. The van der Waals surface area contributed by atoms with Gasteiger partial charge in [0.2, 0.25) is 0 Å². The molecule has 0 spiro atoms. The standard InChI is InChI=1S/C14H13FN2OS/c1-19-13-5-3-2-4-10(13)14(18)17-12-8-9(16)6-7-11(12)15/h2-8H,16H2,1H3,(H,17,18). The first kappa shape index (κ1) is 13.4. The number of benzene rings is 2. The molecule has 19 heavy (non-hydrogen) atoms. The van der Waals surface area contributed by atoms with Gasteiger partial charge in [-0.25, -0.2) is 4.39 Å². The van der Waals surface area contributed by atoms with Gasteiger partial charge in [0.05, 0.1) is 11.3 Å². The van der Waals surface area contributed by atoms with Crippen LogP contribution in [0.2, 0.25) is 0 Å². The molecule has 98 valence electrons. The van der Waals surface area contributed by atoms with Crippen LogP contribution in [0, 0.1) is 5.82 Å². The molecule has 2 aromatic rings. The maximum atomic E-state index is 13.6. The molecule has 0 aliphatic heterocycles. The third-order valence-electron chi connectivity index (χ3n) is 2.59. The highest BCUT2D eigenvalue weighted by atomic mass is 32.2. The van der Waals surface area contributed by atoms with Crippen molar-refractivity contribution in [1.82, 2.24) is 0 Å². The van der Waals surface area contributed by atoms with E-state index < -0.39 is 5.82 Å². The van der Waals surface area contributed by atoms with Crippen molar-refractivity contribution in [2.75, 3.05) is 17.3 Å². The van der Waals surface area contributed by atoms with E-state index in [1.54, 1.807) is 12.1 Å². The Balaban J connectivity index is 2.28. The van der Waals surface area contributed by atoms with Gasteiger partial charge in [0, 0.05) is 10.6 Å². The maximum absolute atomic E-state index is 13.6. The highest BCUT2D eigenvalue weighted by molar-refractivity contribution is 7.98. The topological polar surface area (TPSA) is 55.1 Å². The number of hydrogen-bond acceptors (Lipinski definition) is 3. The second kappa shape index (κ2) is 5.75. The molecule has 0 radical (unpaired) electrons. The number of carbonyl (C=O) groups excluding carboxylic acids is 1. The van der Waals surface area contributed by atoms with Gasteiger partial charge >= 0.3 is 0 Å². The van der Waals surface area contributed by atoms with Crippen molar-refractivity contribution >= 4 is 29.0 Å². The number of nitrogen functional groups attached to an aromatic ring is 1. The molecule has 5 heteroatoms. The number of rotatable bonds is 3. The third-order valence-corrected chi connectivity index (χ3v) is 3.39. The highest BCUT2D eigenvalue weighted by Gasteiger charge is 2.12. The Hall–Kier alpha value is -2.01. The minimum Gasteiger partial charge on any atom is -0.399 e. The summed E-state index contributed by atoms with van der Waals surface area (Å²) in [5.74, 6) is -0.862. The van der Waals surface area contributed by atoms with Gasteiger partial charge in [0.25, 0.3) is 5.91 Å². The second-order valence-electron chi connectivity index (χ2n) is 3.89. The summed E-state index contributed by atoms with van der Waals surface area (Å²) < 4.78 is 13.6. The largest absolute Gasteiger partial charge is 0.399 e. The summed E-state index contributed by atoms with van der Waals surface area (Å²) in [5, 5.41) is 2.53. The second-order valence-corrected chi connectivity index (χ2v) is 4.74. The SMILES string of the molecule is CSc1ccccc1C(=O)Nc1cc(N)ccc1F. The lowest BCUT2D eigenvalue weighted by Crippen LogP contribution is -2.14. The fourth-order valence-electron chi connectivity index (χ4n) is 1.66. The van der Waals surface area contributed by atoms with E-state index in [-0.39, 0.29) is 11.6 Å². The quantitative estimate of drug-likeness (QED) is 0.667. The van der Waals surface area contributed by atoms with E-state index in [0.29, 0.717) is 11.3 Å². The minimum atomic E-state index is -0.510. The Morgan fingerprint density at radius 2 is 2.00 bits per heavy atom. The number of halogens is 1. The molecule has 2 aromatic carbocycles. The van der Waals surface area contributed by atoms with E-state index in [1.807, 2.05) is 18.4 Å². The summed E-state index contributed by atoms with van der Waals surface area (Å²) in [5.41, 5.74) is 6.57. The molecule has 2 rings (SSSR count). The summed E-state index contributed by atoms with van der Waals surface area (Å²) >= 11 is 1.46. The van der Waals surface area contributed by atoms with Crippen LogP contribution in [-0.4, -0.2) is 12.2 Å². The van der Waals surface area contributed by atoms with Crippen LogP contribution >= 0.6 is 11.8 Å². The molecule has 3 nitrogen and oxygen atoms in total.